The summed E-state index contributed by atoms with van der Waals surface area (Å²) in [5.41, 5.74) is 3.76. The highest BCUT2D eigenvalue weighted by Crippen LogP contribution is 2.27. The van der Waals surface area contributed by atoms with Crippen molar-refractivity contribution in [2.75, 3.05) is 10.8 Å². The van der Waals surface area contributed by atoms with Gasteiger partial charge >= 0.3 is 0 Å². The number of carbonyl (C=O) groups is 2. The lowest BCUT2D eigenvalue weighted by atomic mass is 10.1. The largest absolute Gasteiger partial charge is 0.352 e. The van der Waals surface area contributed by atoms with Gasteiger partial charge in [-0.25, -0.2) is 12.8 Å². The number of anilines is 1. The summed E-state index contributed by atoms with van der Waals surface area (Å²) in [5, 5.41) is 3.04. The number of carbonyl (C=O) groups excluding carboxylic acids is 2. The summed E-state index contributed by atoms with van der Waals surface area (Å²) < 4.78 is 42.6. The Labute approximate surface area is 242 Å². The number of benzene rings is 3. The van der Waals surface area contributed by atoms with Crippen LogP contribution in [-0.2, 0) is 26.2 Å². The molecule has 0 unspecified atom stereocenters. The highest BCUT2D eigenvalue weighted by atomic mass is 32.2. The van der Waals surface area contributed by atoms with Gasteiger partial charge < -0.3 is 10.2 Å². The summed E-state index contributed by atoms with van der Waals surface area (Å²) in [7, 11) is -4.14. The summed E-state index contributed by atoms with van der Waals surface area (Å²) >= 11 is 0. The number of hydrogen-bond acceptors (Lipinski definition) is 4. The van der Waals surface area contributed by atoms with E-state index >= 15 is 0 Å². The van der Waals surface area contributed by atoms with Crippen molar-refractivity contribution in [3.05, 3.63) is 94.8 Å². The van der Waals surface area contributed by atoms with Crippen molar-refractivity contribution in [1.82, 2.24) is 10.2 Å². The molecule has 1 saturated carbocycles. The Kier molecular flexibility index (Phi) is 9.48. The van der Waals surface area contributed by atoms with E-state index in [0.29, 0.717) is 11.3 Å². The quantitative estimate of drug-likeness (QED) is 0.348. The average molecular weight is 580 g/mol. The fourth-order valence-electron chi connectivity index (χ4n) is 5.01. The van der Waals surface area contributed by atoms with E-state index in [9.17, 15) is 22.4 Å². The van der Waals surface area contributed by atoms with Crippen molar-refractivity contribution in [2.45, 2.75) is 76.9 Å². The highest BCUT2D eigenvalue weighted by molar-refractivity contribution is 7.92. The molecule has 3 aromatic carbocycles. The average Bonchev–Trinajstić information content (AvgIpc) is 3.45. The first-order valence-corrected chi connectivity index (χ1v) is 15.4. The second kappa shape index (κ2) is 12.9. The molecule has 0 bridgehead atoms. The van der Waals surface area contributed by atoms with Crippen LogP contribution in [0.3, 0.4) is 0 Å². The fourth-order valence-corrected chi connectivity index (χ4v) is 6.41. The first-order chi connectivity index (χ1) is 19.5. The number of rotatable bonds is 10. The molecule has 4 rings (SSSR count). The lowest BCUT2D eigenvalue weighted by Gasteiger charge is -2.32. The van der Waals surface area contributed by atoms with E-state index in [1.807, 2.05) is 26.8 Å². The minimum absolute atomic E-state index is 0.0176. The van der Waals surface area contributed by atoms with Crippen molar-refractivity contribution in [3.8, 4) is 0 Å². The van der Waals surface area contributed by atoms with E-state index in [1.165, 1.54) is 29.2 Å². The molecule has 1 fully saturated rings. The van der Waals surface area contributed by atoms with Gasteiger partial charge in [-0.15, -0.1) is 0 Å². The van der Waals surface area contributed by atoms with Crippen LogP contribution in [0.15, 0.2) is 71.6 Å². The van der Waals surface area contributed by atoms with Crippen molar-refractivity contribution in [1.29, 1.82) is 0 Å². The van der Waals surface area contributed by atoms with Crippen LogP contribution in [0.4, 0.5) is 10.1 Å². The van der Waals surface area contributed by atoms with Crippen LogP contribution < -0.4 is 9.62 Å². The Morgan fingerprint density at radius 2 is 1.56 bits per heavy atom. The molecule has 1 atom stereocenters. The molecule has 0 spiro atoms. The van der Waals surface area contributed by atoms with Crippen LogP contribution in [0, 0.1) is 26.6 Å². The Hall–Kier alpha value is -3.72. The third kappa shape index (κ3) is 7.33. The molecule has 1 aliphatic carbocycles. The molecular weight excluding hydrogens is 541 g/mol. The zero-order chi connectivity index (χ0) is 29.7. The van der Waals surface area contributed by atoms with Crippen LogP contribution in [0.2, 0.25) is 0 Å². The third-order valence-electron chi connectivity index (χ3n) is 7.80. The molecule has 0 saturated heterocycles. The van der Waals surface area contributed by atoms with Crippen LogP contribution in [0.5, 0.6) is 0 Å². The van der Waals surface area contributed by atoms with Gasteiger partial charge in [0.2, 0.25) is 11.8 Å². The topological polar surface area (TPSA) is 86.8 Å². The van der Waals surface area contributed by atoms with Gasteiger partial charge in [0.1, 0.15) is 18.4 Å². The van der Waals surface area contributed by atoms with Gasteiger partial charge in [-0.3, -0.25) is 13.9 Å². The SMILES string of the molecule is Cc1ccc(S(=O)(=O)N(CC(=O)N(Cc2ccc(F)cc2)[C@H](C)C(=O)NC2CCCC2)c2ccc(C)c(C)c2)cc1. The van der Waals surface area contributed by atoms with Crippen LogP contribution in [0.1, 0.15) is 54.9 Å². The predicted molar refractivity (Wildman–Crippen MR) is 158 cm³/mol. The minimum Gasteiger partial charge on any atom is -0.352 e. The van der Waals surface area contributed by atoms with Crippen LogP contribution >= 0.6 is 0 Å². The molecule has 218 valence electrons. The first-order valence-electron chi connectivity index (χ1n) is 14.0. The second-order valence-electron chi connectivity index (χ2n) is 10.9. The molecule has 0 aromatic heterocycles. The second-order valence-corrected chi connectivity index (χ2v) is 12.8. The predicted octanol–water partition coefficient (Wildman–Crippen LogP) is 5.42. The number of hydrogen-bond donors (Lipinski definition) is 1. The monoisotopic (exact) mass is 579 g/mol. The van der Waals surface area contributed by atoms with E-state index in [4.69, 9.17) is 0 Å². The fraction of sp³-hybridized carbons (Fsp3) is 0.375. The number of nitrogens with one attached hydrogen (secondary N) is 1. The summed E-state index contributed by atoms with van der Waals surface area (Å²) in [5.74, 6) is -1.26. The molecule has 0 aliphatic heterocycles. The van der Waals surface area contributed by atoms with E-state index in [-0.39, 0.29) is 23.4 Å². The van der Waals surface area contributed by atoms with E-state index in [1.54, 1.807) is 43.3 Å². The molecule has 7 nitrogen and oxygen atoms in total. The first kappa shape index (κ1) is 30.2. The zero-order valence-electron chi connectivity index (χ0n) is 24.1. The number of amides is 2. The van der Waals surface area contributed by atoms with Gasteiger partial charge in [0.15, 0.2) is 0 Å². The molecule has 1 N–H and O–H groups in total. The van der Waals surface area contributed by atoms with Gasteiger partial charge in [0.05, 0.1) is 10.6 Å². The van der Waals surface area contributed by atoms with Gasteiger partial charge in [-0.1, -0.05) is 48.7 Å². The van der Waals surface area contributed by atoms with Crippen LogP contribution in [0.25, 0.3) is 0 Å². The van der Waals surface area contributed by atoms with Gasteiger partial charge in [-0.2, -0.15) is 0 Å². The summed E-state index contributed by atoms with van der Waals surface area (Å²) in [6, 6.07) is 16.6. The number of aryl methyl sites for hydroxylation is 3. The molecule has 0 heterocycles. The van der Waals surface area contributed by atoms with Crippen LogP contribution in [-0.4, -0.2) is 43.8 Å². The molecule has 2 amide bonds. The molecule has 9 heteroatoms. The Morgan fingerprint density at radius 3 is 2.17 bits per heavy atom. The Bertz CT molecular complexity index is 1480. The normalized spacial score (nSPS) is 14.5. The molecule has 3 aromatic rings. The van der Waals surface area contributed by atoms with Gasteiger partial charge in [0.25, 0.3) is 10.0 Å². The smallest absolute Gasteiger partial charge is 0.264 e. The van der Waals surface area contributed by atoms with Gasteiger partial charge in [-0.05, 0) is 93.6 Å². The number of halogens is 1. The lowest BCUT2D eigenvalue weighted by Crippen LogP contribution is -2.52. The van der Waals surface area contributed by atoms with E-state index in [0.717, 1.165) is 46.7 Å². The number of sulfonamides is 1. The van der Waals surface area contributed by atoms with E-state index in [2.05, 4.69) is 5.32 Å². The maximum Gasteiger partial charge on any atom is 0.264 e. The van der Waals surface area contributed by atoms with Crippen molar-refractivity contribution < 1.29 is 22.4 Å². The van der Waals surface area contributed by atoms with Crippen molar-refractivity contribution in [2.24, 2.45) is 0 Å². The Morgan fingerprint density at radius 1 is 0.927 bits per heavy atom. The maximum absolute atomic E-state index is 14.0. The molecular formula is C32H38FN3O4S. The Balaban J connectivity index is 1.70. The number of nitrogens with zero attached hydrogens (tertiary/aromatic N) is 2. The molecule has 0 radical (unpaired) electrons. The van der Waals surface area contributed by atoms with Crippen molar-refractivity contribution >= 4 is 27.5 Å². The zero-order valence-corrected chi connectivity index (χ0v) is 24.9. The van der Waals surface area contributed by atoms with Gasteiger partial charge in [0, 0.05) is 12.6 Å². The maximum atomic E-state index is 14.0. The summed E-state index contributed by atoms with van der Waals surface area (Å²) in [6.45, 7) is 6.82. The summed E-state index contributed by atoms with van der Waals surface area (Å²) in [4.78, 5) is 28.7. The van der Waals surface area contributed by atoms with Crippen molar-refractivity contribution in [3.63, 3.8) is 0 Å². The lowest BCUT2D eigenvalue weighted by molar-refractivity contribution is -0.139. The van der Waals surface area contributed by atoms with E-state index < -0.39 is 34.3 Å². The highest BCUT2D eigenvalue weighted by Gasteiger charge is 2.33. The minimum atomic E-state index is -4.14. The third-order valence-corrected chi connectivity index (χ3v) is 9.59. The molecule has 41 heavy (non-hydrogen) atoms. The standard InChI is InChI=1S/C32H38FN3O4S/c1-22-9-17-30(18-10-22)41(39,40)36(29-16-11-23(2)24(3)19-29)21-31(37)35(20-26-12-14-27(33)15-13-26)25(4)32(38)34-28-7-5-6-8-28/h9-19,25,28H,5-8,20-21H2,1-4H3,(H,34,38)/t25-/m1/s1. The summed E-state index contributed by atoms with van der Waals surface area (Å²) in [6.07, 6.45) is 3.86. The molecule has 1 aliphatic rings.